The number of carbonyl (C=O) groups excluding carboxylic acids is 2. The molecule has 0 aliphatic carbocycles. The van der Waals surface area contributed by atoms with Gasteiger partial charge in [0.2, 0.25) is 11.8 Å². The molecule has 0 aromatic rings. The van der Waals surface area contributed by atoms with Crippen LogP contribution < -0.4 is 10.6 Å². The summed E-state index contributed by atoms with van der Waals surface area (Å²) in [4.78, 5) is 28.8. The van der Waals surface area contributed by atoms with Gasteiger partial charge in [0.25, 0.3) is 0 Å². The van der Waals surface area contributed by atoms with Gasteiger partial charge in [-0.2, -0.15) is 0 Å². The van der Waals surface area contributed by atoms with Gasteiger partial charge in [-0.05, 0) is 53.7 Å². The molecule has 1 aliphatic rings. The van der Waals surface area contributed by atoms with Crippen LogP contribution in [-0.2, 0) is 9.59 Å². The first kappa shape index (κ1) is 27.1. The van der Waals surface area contributed by atoms with E-state index in [1.165, 1.54) is 0 Å². The van der Waals surface area contributed by atoms with Crippen molar-refractivity contribution in [3.05, 3.63) is 0 Å². The lowest BCUT2D eigenvalue weighted by Gasteiger charge is -2.39. The molecule has 1 fully saturated rings. The van der Waals surface area contributed by atoms with E-state index in [2.05, 4.69) is 10.6 Å². The first-order valence-electron chi connectivity index (χ1n) is 10.2. The van der Waals surface area contributed by atoms with Crippen LogP contribution in [0.2, 0.25) is 0 Å². The van der Waals surface area contributed by atoms with Crippen LogP contribution in [0.25, 0.3) is 0 Å². The fraction of sp³-hybridized carbons (Fsp3) is 0.895. The second kappa shape index (κ2) is 12.8. The normalized spacial score (nSPS) is 23.5. The topological polar surface area (TPSA) is 146 Å². The van der Waals surface area contributed by atoms with Crippen molar-refractivity contribution < 1.29 is 30.0 Å². The van der Waals surface area contributed by atoms with Gasteiger partial charge < -0.3 is 36.0 Å². The molecular weight excluding hydrogens is 412 g/mol. The summed E-state index contributed by atoms with van der Waals surface area (Å²) in [6, 6.07) is -1.95. The van der Waals surface area contributed by atoms with Crippen LogP contribution in [0.4, 0.5) is 0 Å². The molecule has 0 bridgehead atoms. The molecule has 176 valence electrons. The number of hydrogen-bond acceptors (Lipinski definition) is 9. The fourth-order valence-corrected chi connectivity index (χ4v) is 4.32. The summed E-state index contributed by atoms with van der Waals surface area (Å²) in [5.41, 5.74) is -1.24. The summed E-state index contributed by atoms with van der Waals surface area (Å²) >= 11 is 0.983. The number of carbonyl (C=O) groups is 2. The zero-order valence-electron chi connectivity index (χ0n) is 18.5. The van der Waals surface area contributed by atoms with Gasteiger partial charge in [-0.1, -0.05) is 0 Å². The van der Waals surface area contributed by atoms with E-state index in [1.807, 2.05) is 11.9 Å². The van der Waals surface area contributed by atoms with Gasteiger partial charge in [-0.25, -0.2) is 0 Å². The van der Waals surface area contributed by atoms with E-state index in [1.54, 1.807) is 32.2 Å². The Morgan fingerprint density at radius 3 is 2.33 bits per heavy atom. The molecule has 1 heterocycles. The van der Waals surface area contributed by atoms with E-state index in [0.717, 1.165) is 24.7 Å². The second-order valence-corrected chi connectivity index (χ2v) is 9.17. The molecule has 10 nitrogen and oxygen atoms in total. The van der Waals surface area contributed by atoms with Crippen molar-refractivity contribution in [1.29, 1.82) is 0 Å². The molecule has 6 unspecified atom stereocenters. The highest BCUT2D eigenvalue weighted by Gasteiger charge is 2.42. The summed E-state index contributed by atoms with van der Waals surface area (Å²) < 4.78 is 0. The van der Waals surface area contributed by atoms with Crippen molar-refractivity contribution in [2.24, 2.45) is 5.92 Å². The Bertz CT molecular complexity index is 555. The number of nitrogens with zero attached hydrogens (tertiary/aromatic N) is 2. The van der Waals surface area contributed by atoms with E-state index in [0.29, 0.717) is 6.42 Å². The minimum atomic E-state index is -1.44. The molecule has 30 heavy (non-hydrogen) atoms. The third-order valence-electron chi connectivity index (χ3n) is 5.49. The highest BCUT2D eigenvalue weighted by Crippen LogP contribution is 2.25. The zero-order valence-corrected chi connectivity index (χ0v) is 19.3. The average Bonchev–Trinajstić information content (AvgIpc) is 3.11. The molecule has 2 amide bonds. The van der Waals surface area contributed by atoms with Gasteiger partial charge in [0.1, 0.15) is 5.44 Å². The Morgan fingerprint density at radius 1 is 1.23 bits per heavy atom. The minimum absolute atomic E-state index is 0.125. The maximum atomic E-state index is 12.9. The van der Waals surface area contributed by atoms with Crippen LogP contribution in [0.15, 0.2) is 0 Å². The Labute approximate surface area is 183 Å². The van der Waals surface area contributed by atoms with Gasteiger partial charge in [-0.3, -0.25) is 14.5 Å². The predicted molar refractivity (Wildman–Crippen MR) is 116 cm³/mol. The lowest BCUT2D eigenvalue weighted by molar-refractivity contribution is -0.130. The molecule has 11 heteroatoms. The van der Waals surface area contributed by atoms with Gasteiger partial charge in [0, 0.05) is 12.0 Å². The molecule has 0 radical (unpaired) electrons. The summed E-state index contributed by atoms with van der Waals surface area (Å²) in [6.45, 7) is 1.90. The number of likely N-dealkylation sites (tertiary alicyclic amines) is 1. The first-order chi connectivity index (χ1) is 14.0. The molecule has 0 spiro atoms. The summed E-state index contributed by atoms with van der Waals surface area (Å²) in [6.07, 6.45) is 0.299. The van der Waals surface area contributed by atoms with E-state index >= 15 is 0 Å². The number of rotatable bonds is 12. The van der Waals surface area contributed by atoms with Crippen LogP contribution in [0.5, 0.6) is 0 Å². The van der Waals surface area contributed by atoms with Crippen molar-refractivity contribution in [2.45, 2.75) is 55.5 Å². The Morgan fingerprint density at radius 2 is 1.87 bits per heavy atom. The third-order valence-corrected chi connectivity index (χ3v) is 6.26. The number of thioether (sulfide) groups is 1. The van der Waals surface area contributed by atoms with Gasteiger partial charge >= 0.3 is 0 Å². The quantitative estimate of drug-likeness (QED) is 0.180. The predicted octanol–water partition coefficient (Wildman–Crippen LogP) is -2.36. The van der Waals surface area contributed by atoms with Crippen LogP contribution in [0.3, 0.4) is 0 Å². The average molecular weight is 451 g/mol. The van der Waals surface area contributed by atoms with Crippen molar-refractivity contribution in [2.75, 3.05) is 47.1 Å². The largest absolute Gasteiger partial charge is 0.394 e. The van der Waals surface area contributed by atoms with Crippen molar-refractivity contribution in [3.8, 4) is 0 Å². The number of nitrogens with one attached hydrogen (secondary N) is 2. The molecule has 1 rings (SSSR count). The Balaban J connectivity index is 3.16. The zero-order chi connectivity index (χ0) is 23.0. The third kappa shape index (κ3) is 7.63. The smallest absolute Gasteiger partial charge is 0.237 e. The lowest BCUT2D eigenvalue weighted by Crippen LogP contribution is -2.62. The van der Waals surface area contributed by atoms with Crippen LogP contribution in [0.1, 0.15) is 19.8 Å². The summed E-state index contributed by atoms with van der Waals surface area (Å²) in [5, 5.41) is 46.5. The highest BCUT2D eigenvalue weighted by atomic mass is 32.2. The van der Waals surface area contributed by atoms with Gasteiger partial charge in [0.15, 0.2) is 0 Å². The number of aliphatic hydroxyl groups excluding tert-OH is 4. The van der Waals surface area contributed by atoms with Crippen molar-refractivity contribution >= 4 is 23.6 Å². The van der Waals surface area contributed by atoms with E-state index in [4.69, 9.17) is 0 Å². The van der Waals surface area contributed by atoms with Crippen molar-refractivity contribution in [1.82, 2.24) is 20.4 Å². The van der Waals surface area contributed by atoms with Crippen LogP contribution in [0, 0.1) is 5.92 Å². The van der Waals surface area contributed by atoms with Crippen molar-refractivity contribution in [3.63, 3.8) is 0 Å². The second-order valence-electron chi connectivity index (χ2n) is 8.21. The molecule has 7 atom stereocenters. The SMILES string of the molecule is CSC(O)C(O)C(C(NC(=O)C1CCCN1C)C(C)NC(=O)CN(C)C)[C@@H](O)CO. The molecule has 0 aromatic heterocycles. The van der Waals surface area contributed by atoms with Gasteiger partial charge in [0.05, 0.1) is 37.4 Å². The highest BCUT2D eigenvalue weighted by molar-refractivity contribution is 7.99. The molecular formula is C19H38N4O6S. The summed E-state index contributed by atoms with van der Waals surface area (Å²) in [7, 11) is 5.34. The number of likely N-dealkylation sites (N-methyl/N-ethyl adjacent to an activating group) is 2. The fourth-order valence-electron chi connectivity index (χ4n) is 3.86. The molecule has 1 saturated heterocycles. The Hall–Kier alpha value is -0.950. The minimum Gasteiger partial charge on any atom is -0.394 e. The lowest BCUT2D eigenvalue weighted by atomic mass is 9.84. The first-order valence-corrected chi connectivity index (χ1v) is 11.4. The van der Waals surface area contributed by atoms with E-state index < -0.39 is 42.3 Å². The van der Waals surface area contributed by atoms with Gasteiger partial charge in [-0.15, -0.1) is 11.8 Å². The number of hydrogen-bond donors (Lipinski definition) is 6. The monoisotopic (exact) mass is 450 g/mol. The number of amides is 2. The molecule has 6 N–H and O–H groups in total. The maximum absolute atomic E-state index is 12.9. The number of aliphatic hydroxyl groups is 4. The molecule has 0 aromatic carbocycles. The Kier molecular flexibility index (Phi) is 11.6. The van der Waals surface area contributed by atoms with Crippen LogP contribution in [-0.4, -0.2) is 125 Å². The van der Waals surface area contributed by atoms with E-state index in [-0.39, 0.29) is 24.4 Å². The molecule has 0 saturated carbocycles. The molecule has 1 aliphatic heterocycles. The maximum Gasteiger partial charge on any atom is 0.237 e. The standard InChI is InChI=1S/C19H38N4O6S/c1-11(20-14(26)9-22(2)3)16(21-18(28)12-7-6-8-23(12)4)15(13(25)10-24)17(27)19(29)30-5/h11-13,15-17,19,24-25,27,29H,6-10H2,1-5H3,(H,20,26)(H,21,28)/t11?,12?,13-,15?,16?,17?,19?/m0/s1. The summed E-state index contributed by atoms with van der Waals surface area (Å²) in [5.74, 6) is -1.68. The van der Waals surface area contributed by atoms with E-state index in [9.17, 15) is 30.0 Å². The van der Waals surface area contributed by atoms with Crippen LogP contribution >= 0.6 is 11.8 Å².